The molecule has 0 radical (unpaired) electrons. The van der Waals surface area contributed by atoms with E-state index in [1.807, 2.05) is 0 Å². The van der Waals surface area contributed by atoms with Crippen LogP contribution in [0.3, 0.4) is 0 Å². The zero-order valence-corrected chi connectivity index (χ0v) is 17.3. The van der Waals surface area contributed by atoms with Crippen molar-refractivity contribution in [3.8, 4) is 0 Å². The van der Waals surface area contributed by atoms with Gasteiger partial charge in [-0.15, -0.1) is 0 Å². The summed E-state index contributed by atoms with van der Waals surface area (Å²) in [6.45, 7) is 0.601. The molecule has 156 valence electrons. The number of rotatable bonds is 9. The third-order valence-corrected chi connectivity index (χ3v) is 6.84. The highest BCUT2D eigenvalue weighted by molar-refractivity contribution is 7.89. The van der Waals surface area contributed by atoms with E-state index in [1.54, 1.807) is 7.05 Å². The molecule has 9 heteroatoms. The Morgan fingerprint density at radius 1 is 1.11 bits per heavy atom. The van der Waals surface area contributed by atoms with Gasteiger partial charge in [0.2, 0.25) is 15.9 Å². The quantitative estimate of drug-likeness (QED) is 0.593. The molecule has 2 amide bonds. The van der Waals surface area contributed by atoms with Crippen LogP contribution in [0, 0.1) is 0 Å². The predicted octanol–water partition coefficient (Wildman–Crippen LogP) is 1.13. The molecule has 28 heavy (non-hydrogen) atoms. The molecular weight excluding hydrogens is 382 g/mol. The summed E-state index contributed by atoms with van der Waals surface area (Å²) in [5.41, 5.74) is 0.295. The number of carbonyl (C=O) groups is 2. The van der Waals surface area contributed by atoms with Crippen LogP contribution in [0.4, 0.5) is 0 Å². The minimum Gasteiger partial charge on any atom is -0.383 e. The van der Waals surface area contributed by atoms with E-state index in [4.69, 9.17) is 4.74 Å². The normalized spacial score (nSPS) is 15.4. The first kappa shape index (κ1) is 22.3. The van der Waals surface area contributed by atoms with Gasteiger partial charge in [0.1, 0.15) is 0 Å². The third kappa shape index (κ3) is 6.02. The summed E-state index contributed by atoms with van der Waals surface area (Å²) >= 11 is 0. The number of nitrogens with one attached hydrogen (secondary N) is 2. The van der Waals surface area contributed by atoms with E-state index in [1.165, 1.54) is 35.7 Å². The van der Waals surface area contributed by atoms with E-state index in [0.717, 1.165) is 32.1 Å². The highest BCUT2D eigenvalue weighted by Gasteiger charge is 2.29. The van der Waals surface area contributed by atoms with Gasteiger partial charge in [-0.05, 0) is 37.1 Å². The number of carbonyl (C=O) groups excluding carboxylic acids is 2. The first-order valence-corrected chi connectivity index (χ1v) is 10.9. The second-order valence-electron chi connectivity index (χ2n) is 6.86. The maximum Gasteiger partial charge on any atom is 0.251 e. The molecule has 1 fully saturated rings. The summed E-state index contributed by atoms with van der Waals surface area (Å²) in [5, 5.41) is 5.11. The molecule has 0 saturated heterocycles. The van der Waals surface area contributed by atoms with Crippen molar-refractivity contribution in [3.63, 3.8) is 0 Å². The van der Waals surface area contributed by atoms with Crippen LogP contribution in [0.15, 0.2) is 29.2 Å². The molecule has 1 saturated carbocycles. The van der Waals surface area contributed by atoms with Crippen LogP contribution in [0.1, 0.15) is 42.5 Å². The highest BCUT2D eigenvalue weighted by atomic mass is 32.2. The van der Waals surface area contributed by atoms with Crippen LogP contribution >= 0.6 is 0 Å². The lowest BCUT2D eigenvalue weighted by Crippen LogP contribution is -2.38. The number of methoxy groups -OCH3 is 1. The Balaban J connectivity index is 1.94. The van der Waals surface area contributed by atoms with Gasteiger partial charge >= 0.3 is 0 Å². The summed E-state index contributed by atoms with van der Waals surface area (Å²) < 4.78 is 31.9. The molecule has 1 aromatic rings. The first-order chi connectivity index (χ1) is 13.4. The number of ether oxygens (including phenoxy) is 1. The van der Waals surface area contributed by atoms with Gasteiger partial charge in [-0.3, -0.25) is 9.59 Å². The SMILES string of the molecule is COCCNC(=O)CNC(=O)c1ccc(S(=O)(=O)N(C)C2CCCCC2)cc1. The monoisotopic (exact) mass is 411 g/mol. The van der Waals surface area contributed by atoms with Gasteiger partial charge < -0.3 is 15.4 Å². The van der Waals surface area contributed by atoms with Gasteiger partial charge in [-0.2, -0.15) is 4.31 Å². The average Bonchev–Trinajstić information content (AvgIpc) is 2.72. The van der Waals surface area contributed by atoms with Crippen molar-refractivity contribution in [1.82, 2.24) is 14.9 Å². The summed E-state index contributed by atoms with van der Waals surface area (Å²) in [7, 11) is -0.442. The van der Waals surface area contributed by atoms with Crippen molar-refractivity contribution < 1.29 is 22.7 Å². The van der Waals surface area contributed by atoms with Crippen molar-refractivity contribution in [2.24, 2.45) is 0 Å². The molecule has 0 atom stereocenters. The van der Waals surface area contributed by atoms with Crippen molar-refractivity contribution in [3.05, 3.63) is 29.8 Å². The Labute approximate surface area is 166 Å². The van der Waals surface area contributed by atoms with E-state index in [2.05, 4.69) is 10.6 Å². The maximum atomic E-state index is 12.8. The zero-order chi connectivity index (χ0) is 20.6. The summed E-state index contributed by atoms with van der Waals surface area (Å²) in [5.74, 6) is -0.759. The molecule has 1 aliphatic carbocycles. The summed E-state index contributed by atoms with van der Waals surface area (Å²) in [4.78, 5) is 23.9. The number of sulfonamides is 1. The van der Waals surface area contributed by atoms with E-state index in [0.29, 0.717) is 18.7 Å². The lowest BCUT2D eigenvalue weighted by Gasteiger charge is -2.30. The molecule has 0 aliphatic heterocycles. The molecule has 0 unspecified atom stereocenters. The van der Waals surface area contributed by atoms with Gasteiger partial charge in [0, 0.05) is 32.3 Å². The zero-order valence-electron chi connectivity index (χ0n) is 16.4. The van der Waals surface area contributed by atoms with Gasteiger partial charge in [-0.1, -0.05) is 19.3 Å². The molecule has 0 bridgehead atoms. The Morgan fingerprint density at radius 3 is 2.36 bits per heavy atom. The van der Waals surface area contributed by atoms with E-state index >= 15 is 0 Å². The minimum atomic E-state index is -3.59. The fourth-order valence-corrected chi connectivity index (χ4v) is 4.62. The third-order valence-electron chi connectivity index (χ3n) is 4.92. The van der Waals surface area contributed by atoms with E-state index in [-0.39, 0.29) is 23.4 Å². The molecular formula is C19H29N3O5S. The summed E-state index contributed by atoms with van der Waals surface area (Å²) in [6, 6.07) is 5.81. The molecule has 8 nitrogen and oxygen atoms in total. The largest absolute Gasteiger partial charge is 0.383 e. The van der Waals surface area contributed by atoms with Gasteiger partial charge in [-0.25, -0.2) is 8.42 Å². The number of amides is 2. The van der Waals surface area contributed by atoms with Crippen LogP contribution in [-0.2, 0) is 19.6 Å². The molecule has 1 aliphatic rings. The van der Waals surface area contributed by atoms with Gasteiger partial charge in [0.15, 0.2) is 0 Å². The lowest BCUT2D eigenvalue weighted by atomic mass is 9.96. The van der Waals surface area contributed by atoms with E-state index < -0.39 is 15.9 Å². The van der Waals surface area contributed by atoms with Crippen molar-refractivity contribution in [2.45, 2.75) is 43.0 Å². The van der Waals surface area contributed by atoms with Crippen LogP contribution in [0.5, 0.6) is 0 Å². The topological polar surface area (TPSA) is 105 Å². The average molecular weight is 412 g/mol. The number of hydrogen-bond donors (Lipinski definition) is 2. The number of hydrogen-bond acceptors (Lipinski definition) is 5. The highest BCUT2D eigenvalue weighted by Crippen LogP contribution is 2.26. The van der Waals surface area contributed by atoms with E-state index in [9.17, 15) is 18.0 Å². The second kappa shape index (κ2) is 10.5. The van der Waals surface area contributed by atoms with Gasteiger partial charge in [0.05, 0.1) is 18.0 Å². The first-order valence-electron chi connectivity index (χ1n) is 9.48. The Bertz CT molecular complexity index is 758. The second-order valence-corrected chi connectivity index (χ2v) is 8.86. The van der Waals surface area contributed by atoms with Crippen molar-refractivity contribution >= 4 is 21.8 Å². The van der Waals surface area contributed by atoms with Crippen LogP contribution in [-0.4, -0.2) is 64.4 Å². The van der Waals surface area contributed by atoms with Crippen LogP contribution in [0.2, 0.25) is 0 Å². The van der Waals surface area contributed by atoms with Crippen molar-refractivity contribution in [1.29, 1.82) is 0 Å². The summed E-state index contributed by atoms with van der Waals surface area (Å²) in [6.07, 6.45) is 5.00. The minimum absolute atomic E-state index is 0.0262. The van der Waals surface area contributed by atoms with Crippen LogP contribution in [0.25, 0.3) is 0 Å². The molecule has 0 aromatic heterocycles. The molecule has 1 aromatic carbocycles. The molecule has 2 rings (SSSR count). The Kier molecular flexibility index (Phi) is 8.40. The number of nitrogens with zero attached hydrogens (tertiary/aromatic N) is 1. The maximum absolute atomic E-state index is 12.8. The van der Waals surface area contributed by atoms with Crippen LogP contribution < -0.4 is 10.6 Å². The lowest BCUT2D eigenvalue weighted by molar-refractivity contribution is -0.120. The van der Waals surface area contributed by atoms with Gasteiger partial charge in [0.25, 0.3) is 5.91 Å². The molecule has 0 spiro atoms. The molecule has 0 heterocycles. The fourth-order valence-electron chi connectivity index (χ4n) is 3.20. The Morgan fingerprint density at radius 2 is 1.75 bits per heavy atom. The Hall–Kier alpha value is -1.97. The van der Waals surface area contributed by atoms with Crippen molar-refractivity contribution in [2.75, 3.05) is 33.9 Å². The molecule has 2 N–H and O–H groups in total. The fraction of sp³-hybridized carbons (Fsp3) is 0.579. The smallest absolute Gasteiger partial charge is 0.251 e. The predicted molar refractivity (Wildman–Crippen MR) is 105 cm³/mol. The standard InChI is InChI=1S/C19H29N3O5S/c1-22(16-6-4-3-5-7-16)28(25,26)17-10-8-15(9-11-17)19(24)21-14-18(23)20-12-13-27-2/h8-11,16H,3-7,12-14H2,1-2H3,(H,20,23)(H,21,24). The number of benzene rings is 1.